The van der Waals surface area contributed by atoms with Gasteiger partial charge in [-0.2, -0.15) is 8.42 Å². The van der Waals surface area contributed by atoms with Crippen molar-refractivity contribution >= 4 is 10.4 Å². The molecule has 0 fully saturated rings. The normalized spacial score (nSPS) is 13.3. The molecule has 0 aliphatic rings. The van der Waals surface area contributed by atoms with E-state index in [1.807, 2.05) is 6.92 Å². The van der Waals surface area contributed by atoms with Crippen LogP contribution in [0.15, 0.2) is 0 Å². The lowest BCUT2D eigenvalue weighted by Gasteiger charge is -2.15. The monoisotopic (exact) mass is 366 g/mol. The Morgan fingerprint density at radius 2 is 1.21 bits per heavy atom. The molecule has 0 aliphatic carbocycles. The average Bonchev–Trinajstić information content (AvgIpc) is 2.50. The zero-order valence-electron chi connectivity index (χ0n) is 15.7. The van der Waals surface area contributed by atoms with Gasteiger partial charge in [-0.3, -0.25) is 4.55 Å². The summed E-state index contributed by atoms with van der Waals surface area (Å²) in [7, 11) is -4.44. The highest BCUT2D eigenvalue weighted by atomic mass is 32.3. The van der Waals surface area contributed by atoms with Crippen molar-refractivity contribution in [1.29, 1.82) is 0 Å². The van der Waals surface area contributed by atoms with Crippen molar-refractivity contribution in [2.45, 2.75) is 110 Å². The Morgan fingerprint density at radius 3 is 1.62 bits per heavy atom. The van der Waals surface area contributed by atoms with E-state index in [1.165, 1.54) is 64.2 Å². The van der Waals surface area contributed by atoms with Crippen LogP contribution in [0.5, 0.6) is 0 Å². The summed E-state index contributed by atoms with van der Waals surface area (Å²) in [4.78, 5) is 0. The smallest absolute Gasteiger partial charge is 0.351 e. The Bertz CT molecular complexity index is 356. The summed E-state index contributed by atoms with van der Waals surface area (Å²) in [5, 5.41) is 0. The van der Waals surface area contributed by atoms with Crippen molar-refractivity contribution in [2.24, 2.45) is 0 Å². The predicted molar refractivity (Wildman–Crippen MR) is 98.4 cm³/mol. The minimum atomic E-state index is -4.44. The highest BCUT2D eigenvalue weighted by molar-refractivity contribution is 7.80. The molecule has 0 spiro atoms. The first-order chi connectivity index (χ1) is 11.5. The fraction of sp³-hybridized carbons (Fsp3) is 1.00. The number of unbranched alkanes of at least 4 members (excludes halogenated alkanes) is 11. The van der Waals surface area contributed by atoms with Crippen LogP contribution in [0, 0.1) is 0 Å². The van der Waals surface area contributed by atoms with Gasteiger partial charge in [0.2, 0.25) is 0 Å². The lowest BCUT2D eigenvalue weighted by atomic mass is 10.1. The van der Waals surface area contributed by atoms with Gasteiger partial charge in [-0.15, -0.1) is 0 Å². The van der Waals surface area contributed by atoms with E-state index in [0.29, 0.717) is 13.0 Å². The summed E-state index contributed by atoms with van der Waals surface area (Å²) in [6.07, 6.45) is 15.6. The molecule has 1 N–H and O–H groups in total. The first-order valence-corrected chi connectivity index (χ1v) is 11.1. The molecule has 24 heavy (non-hydrogen) atoms. The third-order valence-electron chi connectivity index (χ3n) is 4.05. The maximum Gasteiger partial charge on any atom is 0.399 e. The molecule has 0 aromatic rings. The standard InChI is InChI=1S/C18H38O5S/c1-3-5-6-7-8-9-10-11-12-13-14-15-17-22-18(16-4-2)23-24(19,20)21/h18H,3-17H2,1-2H3,(H,19,20,21). The highest BCUT2D eigenvalue weighted by Crippen LogP contribution is 2.13. The van der Waals surface area contributed by atoms with Gasteiger partial charge in [0.15, 0.2) is 6.29 Å². The van der Waals surface area contributed by atoms with Gasteiger partial charge in [0.1, 0.15) is 0 Å². The first kappa shape index (κ1) is 23.8. The second-order valence-electron chi connectivity index (χ2n) is 6.50. The number of ether oxygens (including phenoxy) is 1. The van der Waals surface area contributed by atoms with E-state index in [-0.39, 0.29) is 0 Å². The fourth-order valence-electron chi connectivity index (χ4n) is 2.69. The fourth-order valence-corrected chi connectivity index (χ4v) is 3.11. The quantitative estimate of drug-likeness (QED) is 0.193. The van der Waals surface area contributed by atoms with Crippen LogP contribution in [-0.2, 0) is 19.3 Å². The molecular weight excluding hydrogens is 328 g/mol. The van der Waals surface area contributed by atoms with Crippen LogP contribution in [0.2, 0.25) is 0 Å². The number of rotatable bonds is 18. The van der Waals surface area contributed by atoms with Gasteiger partial charge < -0.3 is 4.74 Å². The van der Waals surface area contributed by atoms with Crippen molar-refractivity contribution in [3.63, 3.8) is 0 Å². The second kappa shape index (κ2) is 16.3. The maximum absolute atomic E-state index is 10.7. The lowest BCUT2D eigenvalue weighted by molar-refractivity contribution is -0.0867. The van der Waals surface area contributed by atoms with Gasteiger partial charge in [-0.25, -0.2) is 4.18 Å². The van der Waals surface area contributed by atoms with Crippen LogP contribution >= 0.6 is 0 Å². The Morgan fingerprint density at radius 1 is 0.750 bits per heavy atom. The molecule has 0 rings (SSSR count). The summed E-state index contributed by atoms with van der Waals surface area (Å²) in [5.41, 5.74) is 0. The van der Waals surface area contributed by atoms with E-state index in [2.05, 4.69) is 11.1 Å². The molecule has 0 heterocycles. The number of hydrogen-bond donors (Lipinski definition) is 1. The molecule has 0 bridgehead atoms. The molecule has 0 aromatic heterocycles. The van der Waals surface area contributed by atoms with Crippen molar-refractivity contribution < 1.29 is 21.9 Å². The molecule has 146 valence electrons. The minimum absolute atomic E-state index is 0.456. The van der Waals surface area contributed by atoms with Crippen LogP contribution in [0.25, 0.3) is 0 Å². The molecule has 6 heteroatoms. The third-order valence-corrected chi connectivity index (χ3v) is 4.51. The van der Waals surface area contributed by atoms with Gasteiger partial charge in [0, 0.05) is 6.61 Å². The van der Waals surface area contributed by atoms with Crippen LogP contribution in [0.1, 0.15) is 104 Å². The first-order valence-electron chi connectivity index (χ1n) is 9.77. The lowest BCUT2D eigenvalue weighted by Crippen LogP contribution is -2.21. The molecule has 0 saturated carbocycles. The van der Waals surface area contributed by atoms with E-state index >= 15 is 0 Å². The van der Waals surface area contributed by atoms with E-state index in [0.717, 1.165) is 19.3 Å². The van der Waals surface area contributed by atoms with Crippen LogP contribution in [-0.4, -0.2) is 25.9 Å². The summed E-state index contributed by atoms with van der Waals surface area (Å²) in [5.74, 6) is 0. The zero-order chi connectivity index (χ0) is 18.1. The Labute approximate surface area is 149 Å². The number of hydrogen-bond acceptors (Lipinski definition) is 4. The van der Waals surface area contributed by atoms with Crippen LogP contribution < -0.4 is 0 Å². The summed E-state index contributed by atoms with van der Waals surface area (Å²) in [6, 6.07) is 0. The molecule has 0 amide bonds. The van der Waals surface area contributed by atoms with Gasteiger partial charge in [-0.1, -0.05) is 90.9 Å². The summed E-state index contributed by atoms with van der Waals surface area (Å²) < 4.78 is 40.0. The predicted octanol–water partition coefficient (Wildman–Crippen LogP) is 5.65. The van der Waals surface area contributed by atoms with Gasteiger partial charge >= 0.3 is 10.4 Å². The SMILES string of the molecule is CCCCCCCCCCCCCCOC(CCC)OS(=O)(=O)O. The van der Waals surface area contributed by atoms with Gasteiger partial charge in [0.05, 0.1) is 0 Å². The summed E-state index contributed by atoms with van der Waals surface area (Å²) in [6.45, 7) is 4.63. The van der Waals surface area contributed by atoms with E-state index < -0.39 is 16.7 Å². The molecule has 0 aromatic carbocycles. The van der Waals surface area contributed by atoms with Gasteiger partial charge in [-0.05, 0) is 12.8 Å². The van der Waals surface area contributed by atoms with Gasteiger partial charge in [0.25, 0.3) is 0 Å². The molecule has 0 radical (unpaired) electrons. The van der Waals surface area contributed by atoms with E-state index in [1.54, 1.807) is 0 Å². The Balaban J connectivity index is 3.39. The topological polar surface area (TPSA) is 72.8 Å². The van der Waals surface area contributed by atoms with Crippen LogP contribution in [0.3, 0.4) is 0 Å². The van der Waals surface area contributed by atoms with E-state index in [4.69, 9.17) is 9.29 Å². The van der Waals surface area contributed by atoms with Crippen molar-refractivity contribution in [3.05, 3.63) is 0 Å². The summed E-state index contributed by atoms with van der Waals surface area (Å²) >= 11 is 0. The zero-order valence-corrected chi connectivity index (χ0v) is 16.5. The Hall–Kier alpha value is -0.170. The highest BCUT2D eigenvalue weighted by Gasteiger charge is 2.16. The van der Waals surface area contributed by atoms with Crippen molar-refractivity contribution in [3.8, 4) is 0 Å². The molecule has 5 nitrogen and oxygen atoms in total. The maximum atomic E-state index is 10.7. The molecule has 0 aliphatic heterocycles. The second-order valence-corrected chi connectivity index (χ2v) is 7.55. The average molecular weight is 367 g/mol. The van der Waals surface area contributed by atoms with Crippen molar-refractivity contribution in [2.75, 3.05) is 6.61 Å². The molecular formula is C18H38O5S. The van der Waals surface area contributed by atoms with Crippen molar-refractivity contribution in [1.82, 2.24) is 0 Å². The van der Waals surface area contributed by atoms with E-state index in [9.17, 15) is 8.42 Å². The molecule has 0 saturated heterocycles. The minimum Gasteiger partial charge on any atom is -0.351 e. The van der Waals surface area contributed by atoms with Crippen LogP contribution in [0.4, 0.5) is 0 Å². The Kier molecular flexibility index (Phi) is 16.2. The third kappa shape index (κ3) is 18.2. The largest absolute Gasteiger partial charge is 0.399 e. The molecule has 1 atom stereocenters. The molecule has 1 unspecified atom stereocenters.